The number of nitrogens with two attached hydrogens (primary N) is 1. The first-order valence-electron chi connectivity index (χ1n) is 7.51. The van der Waals surface area contributed by atoms with E-state index in [0.29, 0.717) is 29.6 Å². The molecule has 1 amide bonds. The fraction of sp³-hybridized carbons (Fsp3) is 0.562. The van der Waals surface area contributed by atoms with Gasteiger partial charge in [0.1, 0.15) is 0 Å². The van der Waals surface area contributed by atoms with E-state index in [9.17, 15) is 4.79 Å². The molecule has 2 rings (SSSR count). The molecule has 0 heterocycles. The van der Waals surface area contributed by atoms with E-state index in [4.69, 9.17) is 10.5 Å². The lowest BCUT2D eigenvalue weighted by Gasteiger charge is -2.23. The first kappa shape index (κ1) is 14.7. The number of carbonyl (C=O) groups excluding carboxylic acids is 1. The minimum atomic E-state index is 0.0525. The molecule has 1 aromatic carbocycles. The van der Waals surface area contributed by atoms with Crippen molar-refractivity contribution in [2.45, 2.75) is 45.6 Å². The summed E-state index contributed by atoms with van der Waals surface area (Å²) < 4.78 is 5.57. The van der Waals surface area contributed by atoms with E-state index in [1.165, 1.54) is 0 Å². The maximum absolute atomic E-state index is 12.8. The molecule has 1 aliphatic carbocycles. The molecule has 20 heavy (non-hydrogen) atoms. The van der Waals surface area contributed by atoms with E-state index >= 15 is 0 Å². The monoisotopic (exact) mass is 276 g/mol. The number of ether oxygens (including phenoxy) is 1. The Kier molecular flexibility index (Phi) is 4.88. The maximum Gasteiger partial charge on any atom is 0.257 e. The van der Waals surface area contributed by atoms with Crippen LogP contribution in [-0.4, -0.2) is 30.0 Å². The molecule has 0 spiro atoms. The second kappa shape index (κ2) is 6.64. The fourth-order valence-electron chi connectivity index (χ4n) is 2.35. The van der Waals surface area contributed by atoms with E-state index in [0.717, 1.165) is 32.2 Å². The van der Waals surface area contributed by atoms with Crippen LogP contribution < -0.4 is 10.5 Å². The lowest BCUT2D eigenvalue weighted by Crippen LogP contribution is -2.34. The zero-order chi connectivity index (χ0) is 14.5. The highest BCUT2D eigenvalue weighted by molar-refractivity contribution is 5.99. The Hall–Kier alpha value is -1.71. The minimum Gasteiger partial charge on any atom is -0.491 e. The molecule has 0 bridgehead atoms. The van der Waals surface area contributed by atoms with E-state index < -0.39 is 0 Å². The predicted octanol–water partition coefficient (Wildman–Crippen LogP) is 3.07. The summed E-state index contributed by atoms with van der Waals surface area (Å²) in [5.74, 6) is 0.582. The summed E-state index contributed by atoms with van der Waals surface area (Å²) in [6.07, 6.45) is 4.35. The highest BCUT2D eigenvalue weighted by Gasteiger charge is 2.33. The largest absolute Gasteiger partial charge is 0.491 e. The van der Waals surface area contributed by atoms with Gasteiger partial charge in [0.25, 0.3) is 5.91 Å². The Morgan fingerprint density at radius 2 is 2.15 bits per heavy atom. The summed E-state index contributed by atoms with van der Waals surface area (Å²) in [5.41, 5.74) is 7.07. The molecule has 4 nitrogen and oxygen atoms in total. The lowest BCUT2D eigenvalue weighted by molar-refractivity contribution is 0.0736. The molecule has 0 atom stereocenters. The van der Waals surface area contributed by atoms with E-state index in [1.54, 1.807) is 6.07 Å². The smallest absolute Gasteiger partial charge is 0.257 e. The third kappa shape index (κ3) is 3.24. The van der Waals surface area contributed by atoms with Gasteiger partial charge in [0.2, 0.25) is 0 Å². The molecule has 0 aromatic heterocycles. The predicted molar refractivity (Wildman–Crippen MR) is 81.0 cm³/mol. The first-order valence-corrected chi connectivity index (χ1v) is 7.51. The van der Waals surface area contributed by atoms with E-state index in [1.807, 2.05) is 24.0 Å². The number of amides is 1. The number of nitrogen functional groups attached to an aromatic ring is 1. The Labute approximate surface area is 120 Å². The van der Waals surface area contributed by atoms with Crippen LogP contribution in [0.1, 0.15) is 49.9 Å². The van der Waals surface area contributed by atoms with Gasteiger partial charge in [0.05, 0.1) is 17.9 Å². The third-order valence-electron chi connectivity index (χ3n) is 3.57. The number of hydrogen-bond acceptors (Lipinski definition) is 3. The standard InChI is InChI=1S/C16H24N2O2/c1-3-5-11-18(12-9-10-12)16(19)13-7-6-8-14(17)15(13)20-4-2/h6-8,12H,3-5,9-11,17H2,1-2H3. The molecule has 1 aliphatic rings. The lowest BCUT2D eigenvalue weighted by atomic mass is 10.1. The summed E-state index contributed by atoms with van der Waals surface area (Å²) in [6, 6.07) is 5.81. The van der Waals surface area contributed by atoms with Crippen molar-refractivity contribution in [1.29, 1.82) is 0 Å². The second-order valence-corrected chi connectivity index (χ2v) is 5.24. The van der Waals surface area contributed by atoms with Crippen molar-refractivity contribution in [1.82, 2.24) is 4.90 Å². The van der Waals surface area contributed by atoms with Crippen LogP contribution in [-0.2, 0) is 0 Å². The molecule has 2 N–H and O–H groups in total. The highest BCUT2D eigenvalue weighted by Crippen LogP contribution is 2.32. The molecular weight excluding hydrogens is 252 g/mol. The molecular formula is C16H24N2O2. The number of anilines is 1. The van der Waals surface area contributed by atoms with Crippen LogP contribution in [0.2, 0.25) is 0 Å². The van der Waals surface area contributed by atoms with Crippen molar-refractivity contribution in [2.24, 2.45) is 0 Å². The molecule has 1 saturated carbocycles. The number of nitrogens with zero attached hydrogens (tertiary/aromatic N) is 1. The molecule has 0 radical (unpaired) electrons. The number of rotatable bonds is 7. The van der Waals surface area contributed by atoms with Crippen molar-refractivity contribution in [3.8, 4) is 5.75 Å². The quantitative estimate of drug-likeness (QED) is 0.779. The van der Waals surface area contributed by atoms with Crippen molar-refractivity contribution in [3.63, 3.8) is 0 Å². The van der Waals surface area contributed by atoms with Crippen LogP contribution in [0.5, 0.6) is 5.75 Å². The number of unbranched alkanes of at least 4 members (excludes halogenated alkanes) is 1. The van der Waals surface area contributed by atoms with Gasteiger partial charge in [0.15, 0.2) is 5.75 Å². The second-order valence-electron chi connectivity index (χ2n) is 5.24. The van der Waals surface area contributed by atoms with Gasteiger partial charge in [-0.15, -0.1) is 0 Å². The van der Waals surface area contributed by atoms with Crippen molar-refractivity contribution in [2.75, 3.05) is 18.9 Å². The molecule has 1 fully saturated rings. The van der Waals surface area contributed by atoms with Crippen LogP contribution in [0.15, 0.2) is 18.2 Å². The van der Waals surface area contributed by atoms with Gasteiger partial charge in [-0.1, -0.05) is 19.4 Å². The molecule has 1 aromatic rings. The molecule has 0 unspecified atom stereocenters. The number of carbonyl (C=O) groups is 1. The topological polar surface area (TPSA) is 55.6 Å². The zero-order valence-corrected chi connectivity index (χ0v) is 12.4. The van der Waals surface area contributed by atoms with Gasteiger partial charge in [-0.2, -0.15) is 0 Å². The average Bonchev–Trinajstić information content (AvgIpc) is 3.26. The van der Waals surface area contributed by atoms with Gasteiger partial charge >= 0.3 is 0 Å². The van der Waals surface area contributed by atoms with E-state index in [2.05, 4.69) is 6.92 Å². The molecule has 110 valence electrons. The number of para-hydroxylation sites is 1. The van der Waals surface area contributed by atoms with Crippen molar-refractivity contribution >= 4 is 11.6 Å². The summed E-state index contributed by atoms with van der Waals surface area (Å²) in [7, 11) is 0. The Bertz CT molecular complexity index is 470. The summed E-state index contributed by atoms with van der Waals surface area (Å²) in [4.78, 5) is 14.8. The van der Waals surface area contributed by atoms with Gasteiger partial charge < -0.3 is 15.4 Å². The van der Waals surface area contributed by atoms with E-state index in [-0.39, 0.29) is 5.91 Å². The Morgan fingerprint density at radius 1 is 1.40 bits per heavy atom. The Balaban J connectivity index is 2.24. The average molecular weight is 276 g/mol. The van der Waals surface area contributed by atoms with Gasteiger partial charge in [-0.25, -0.2) is 0 Å². The maximum atomic E-state index is 12.8. The van der Waals surface area contributed by atoms with Crippen LogP contribution in [0.25, 0.3) is 0 Å². The molecule has 0 saturated heterocycles. The fourth-order valence-corrected chi connectivity index (χ4v) is 2.35. The summed E-state index contributed by atoms with van der Waals surface area (Å²) >= 11 is 0. The van der Waals surface area contributed by atoms with Gasteiger partial charge in [-0.3, -0.25) is 4.79 Å². The van der Waals surface area contributed by atoms with Crippen molar-refractivity contribution < 1.29 is 9.53 Å². The SMILES string of the molecule is CCCCN(C(=O)c1cccc(N)c1OCC)C1CC1. The Morgan fingerprint density at radius 3 is 2.75 bits per heavy atom. The number of benzene rings is 1. The zero-order valence-electron chi connectivity index (χ0n) is 12.4. The highest BCUT2D eigenvalue weighted by atomic mass is 16.5. The minimum absolute atomic E-state index is 0.0525. The van der Waals surface area contributed by atoms with Crippen LogP contribution >= 0.6 is 0 Å². The molecule has 0 aliphatic heterocycles. The van der Waals surface area contributed by atoms with Crippen molar-refractivity contribution in [3.05, 3.63) is 23.8 Å². The molecule has 4 heteroatoms. The first-order chi connectivity index (χ1) is 9.69. The normalized spacial score (nSPS) is 14.1. The third-order valence-corrected chi connectivity index (χ3v) is 3.57. The summed E-state index contributed by atoms with van der Waals surface area (Å²) in [6.45, 7) is 5.37. The van der Waals surface area contributed by atoms with Gasteiger partial charge in [0, 0.05) is 12.6 Å². The van der Waals surface area contributed by atoms with Crippen LogP contribution in [0, 0.1) is 0 Å². The van der Waals surface area contributed by atoms with Gasteiger partial charge in [-0.05, 0) is 38.3 Å². The van der Waals surface area contributed by atoms with Crippen LogP contribution in [0.4, 0.5) is 5.69 Å². The van der Waals surface area contributed by atoms with Crippen LogP contribution in [0.3, 0.4) is 0 Å². The summed E-state index contributed by atoms with van der Waals surface area (Å²) in [5, 5.41) is 0. The number of hydrogen-bond donors (Lipinski definition) is 1.